The van der Waals surface area contributed by atoms with Crippen LogP contribution in [0.15, 0.2) is 30.3 Å². The molecule has 0 aromatic carbocycles. The molecule has 0 bridgehead atoms. The Kier molecular flexibility index (Phi) is 1.06. The summed E-state index contributed by atoms with van der Waals surface area (Å²) in [5, 5.41) is 0. The van der Waals surface area contributed by atoms with Crippen LogP contribution >= 0.6 is 0 Å². The van der Waals surface area contributed by atoms with Gasteiger partial charge in [0.15, 0.2) is 0 Å². The van der Waals surface area contributed by atoms with Crippen LogP contribution < -0.4 is 0 Å². The Morgan fingerprint density at radius 3 is 3.50 bits per heavy atom. The lowest BCUT2D eigenvalue weighted by Crippen LogP contribution is -1.85. The van der Waals surface area contributed by atoms with Crippen LogP contribution in [-0.2, 0) is 0 Å². The van der Waals surface area contributed by atoms with Crippen molar-refractivity contribution in [1.82, 2.24) is 9.55 Å². The van der Waals surface area contributed by atoms with Crippen LogP contribution in [0.3, 0.4) is 0 Å². The molecule has 0 radical (unpaired) electrons. The normalized spacial score (nSPS) is 13.2. The third-order valence-electron chi connectivity index (χ3n) is 1.35. The van der Waals surface area contributed by atoms with E-state index >= 15 is 0 Å². The number of allylic oxidation sites excluding steroid dienone is 2. The first-order valence-electron chi connectivity index (χ1n) is 3.09. The fraction of sp³-hybridized carbons (Fsp3) is 0. The van der Waals surface area contributed by atoms with Crippen molar-refractivity contribution in [2.45, 2.75) is 0 Å². The van der Waals surface area contributed by atoms with Gasteiger partial charge in [-0.15, -0.1) is 5.73 Å². The van der Waals surface area contributed by atoms with E-state index in [1.54, 1.807) is 6.20 Å². The van der Waals surface area contributed by atoms with E-state index in [0.29, 0.717) is 0 Å². The van der Waals surface area contributed by atoms with Crippen molar-refractivity contribution >= 4 is 12.3 Å². The van der Waals surface area contributed by atoms with E-state index in [0.717, 1.165) is 5.82 Å². The number of aromatic nitrogens is 2. The molecule has 10 heavy (non-hydrogen) atoms. The van der Waals surface area contributed by atoms with Gasteiger partial charge < -0.3 is 4.57 Å². The highest BCUT2D eigenvalue weighted by molar-refractivity contribution is 5.48. The van der Waals surface area contributed by atoms with Crippen LogP contribution in [0, 0.1) is 0 Å². The molecule has 0 aliphatic carbocycles. The molecule has 0 atom stereocenters. The van der Waals surface area contributed by atoms with Crippen LogP contribution in [0.4, 0.5) is 0 Å². The maximum absolute atomic E-state index is 4.09. The first-order valence-corrected chi connectivity index (χ1v) is 3.09. The standard InChI is InChI=1S/C8H6N2/c1-2-4-8-9-5-7-10(8)6-3-1/h1,3-7H. The molecule has 0 spiro atoms. The fourth-order valence-electron chi connectivity index (χ4n) is 0.876. The monoisotopic (exact) mass is 130 g/mol. The summed E-state index contributed by atoms with van der Waals surface area (Å²) in [4.78, 5) is 4.09. The number of imidazole rings is 1. The van der Waals surface area contributed by atoms with Crippen molar-refractivity contribution in [3.05, 3.63) is 36.1 Å². The van der Waals surface area contributed by atoms with Crippen molar-refractivity contribution in [1.29, 1.82) is 0 Å². The minimum absolute atomic E-state index is 0.921. The van der Waals surface area contributed by atoms with E-state index in [9.17, 15) is 0 Å². The molecule has 2 nitrogen and oxygen atoms in total. The Balaban J connectivity index is 2.68. The van der Waals surface area contributed by atoms with E-state index in [1.807, 2.05) is 35.2 Å². The van der Waals surface area contributed by atoms with Crippen molar-refractivity contribution < 1.29 is 0 Å². The zero-order valence-corrected chi connectivity index (χ0v) is 5.36. The lowest BCUT2D eigenvalue weighted by Gasteiger charge is -1.91. The van der Waals surface area contributed by atoms with Crippen molar-refractivity contribution in [3.63, 3.8) is 0 Å². The Morgan fingerprint density at radius 2 is 2.50 bits per heavy atom. The summed E-state index contributed by atoms with van der Waals surface area (Å²) in [6.07, 6.45) is 11.2. The van der Waals surface area contributed by atoms with Gasteiger partial charge in [0.05, 0.1) is 0 Å². The summed E-state index contributed by atoms with van der Waals surface area (Å²) in [7, 11) is 0. The largest absolute Gasteiger partial charge is 0.307 e. The van der Waals surface area contributed by atoms with Crippen LogP contribution in [0.25, 0.3) is 12.3 Å². The van der Waals surface area contributed by atoms with Crippen LogP contribution in [0.1, 0.15) is 5.82 Å². The van der Waals surface area contributed by atoms with E-state index < -0.39 is 0 Å². The third kappa shape index (κ3) is 0.714. The lowest BCUT2D eigenvalue weighted by atomic mass is 10.5. The number of nitrogens with zero attached hydrogens (tertiary/aromatic N) is 2. The second-order valence-corrected chi connectivity index (χ2v) is 2.01. The predicted molar refractivity (Wildman–Crippen MR) is 40.1 cm³/mol. The van der Waals surface area contributed by atoms with Gasteiger partial charge in [0.2, 0.25) is 0 Å². The number of hydrogen-bond donors (Lipinski definition) is 0. The minimum atomic E-state index is 0.921. The molecule has 0 fully saturated rings. The highest BCUT2D eigenvalue weighted by Gasteiger charge is 1.93. The molecule has 2 heteroatoms. The summed E-state index contributed by atoms with van der Waals surface area (Å²) >= 11 is 0. The van der Waals surface area contributed by atoms with Crippen molar-refractivity contribution in [2.24, 2.45) is 0 Å². The van der Waals surface area contributed by atoms with Gasteiger partial charge >= 0.3 is 0 Å². The molecule has 0 unspecified atom stereocenters. The summed E-state index contributed by atoms with van der Waals surface area (Å²) in [5.74, 6) is 0.921. The van der Waals surface area contributed by atoms with E-state index in [1.165, 1.54) is 0 Å². The molecular formula is C8H6N2. The second-order valence-electron chi connectivity index (χ2n) is 2.01. The van der Waals surface area contributed by atoms with E-state index in [-0.39, 0.29) is 0 Å². The van der Waals surface area contributed by atoms with Crippen molar-refractivity contribution in [2.75, 3.05) is 0 Å². The molecular weight excluding hydrogens is 124 g/mol. The second kappa shape index (κ2) is 2.01. The van der Waals surface area contributed by atoms with E-state index in [2.05, 4.69) is 10.7 Å². The maximum atomic E-state index is 4.09. The number of rotatable bonds is 0. The van der Waals surface area contributed by atoms with Gasteiger partial charge in [0.1, 0.15) is 5.82 Å². The fourth-order valence-corrected chi connectivity index (χ4v) is 0.876. The van der Waals surface area contributed by atoms with Crippen LogP contribution in [-0.4, -0.2) is 9.55 Å². The van der Waals surface area contributed by atoms with Gasteiger partial charge in [-0.05, 0) is 12.2 Å². The Hall–Kier alpha value is -1.53. The first-order chi connectivity index (χ1) is 4.97. The van der Waals surface area contributed by atoms with Gasteiger partial charge in [-0.1, -0.05) is 0 Å². The molecule has 1 aromatic heterocycles. The topological polar surface area (TPSA) is 17.8 Å². The number of fused-ring (bicyclic) bond motifs is 1. The SMILES string of the molecule is C1=CC=Cn2ccnc2C=1. The molecule has 1 aliphatic rings. The van der Waals surface area contributed by atoms with Crippen molar-refractivity contribution in [3.8, 4) is 0 Å². The van der Waals surface area contributed by atoms with E-state index in [4.69, 9.17) is 0 Å². The molecule has 1 aromatic rings. The molecule has 2 heterocycles. The highest BCUT2D eigenvalue weighted by atomic mass is 15.0. The maximum Gasteiger partial charge on any atom is 0.144 e. The lowest BCUT2D eigenvalue weighted by molar-refractivity contribution is 1.11. The molecule has 0 amide bonds. The first kappa shape index (κ1) is 5.27. The molecule has 0 saturated heterocycles. The van der Waals surface area contributed by atoms with Gasteiger partial charge in [-0.25, -0.2) is 4.98 Å². The molecule has 48 valence electrons. The quantitative estimate of drug-likeness (QED) is 0.487. The molecule has 2 rings (SSSR count). The Labute approximate surface area is 58.8 Å². The third-order valence-corrected chi connectivity index (χ3v) is 1.35. The zero-order valence-electron chi connectivity index (χ0n) is 5.36. The predicted octanol–water partition coefficient (Wildman–Crippen LogP) is 1.54. The zero-order chi connectivity index (χ0) is 6.81. The molecule has 1 aliphatic heterocycles. The number of hydrogen-bond acceptors (Lipinski definition) is 1. The van der Waals surface area contributed by atoms with Crippen LogP contribution in [0.2, 0.25) is 0 Å². The average molecular weight is 130 g/mol. The minimum Gasteiger partial charge on any atom is -0.307 e. The molecule has 0 saturated carbocycles. The smallest absolute Gasteiger partial charge is 0.144 e. The molecule has 0 N–H and O–H groups in total. The highest BCUT2D eigenvalue weighted by Crippen LogP contribution is 2.02. The van der Waals surface area contributed by atoms with Gasteiger partial charge in [0.25, 0.3) is 0 Å². The summed E-state index contributed by atoms with van der Waals surface area (Å²) in [6.45, 7) is 0. The summed E-state index contributed by atoms with van der Waals surface area (Å²) < 4.78 is 1.94. The van der Waals surface area contributed by atoms with Gasteiger partial charge in [0, 0.05) is 24.7 Å². The summed E-state index contributed by atoms with van der Waals surface area (Å²) in [6, 6.07) is 0. The van der Waals surface area contributed by atoms with Gasteiger partial charge in [-0.2, -0.15) is 0 Å². The Bertz CT molecular complexity index is 325. The average Bonchev–Trinajstić information content (AvgIpc) is 2.28. The Morgan fingerprint density at radius 1 is 1.50 bits per heavy atom. The van der Waals surface area contributed by atoms with Gasteiger partial charge in [-0.3, -0.25) is 0 Å². The van der Waals surface area contributed by atoms with Crippen LogP contribution in [0.5, 0.6) is 0 Å². The summed E-state index contributed by atoms with van der Waals surface area (Å²) in [5.41, 5.74) is 2.97.